The zero-order valence-electron chi connectivity index (χ0n) is 12.6. The van der Waals surface area contributed by atoms with E-state index in [1.165, 1.54) is 0 Å². The van der Waals surface area contributed by atoms with Crippen LogP contribution in [-0.2, 0) is 6.61 Å². The van der Waals surface area contributed by atoms with Crippen LogP contribution in [0.25, 0.3) is 22.4 Å². The zero-order chi connectivity index (χ0) is 16.4. The van der Waals surface area contributed by atoms with Crippen molar-refractivity contribution in [2.45, 2.75) is 6.61 Å². The fourth-order valence-corrected chi connectivity index (χ4v) is 2.66. The van der Waals surface area contributed by atoms with E-state index in [9.17, 15) is 0 Å². The van der Waals surface area contributed by atoms with E-state index in [1.807, 2.05) is 54.6 Å². The van der Waals surface area contributed by atoms with Crippen molar-refractivity contribution >= 4 is 26.8 Å². The van der Waals surface area contributed by atoms with Gasteiger partial charge in [-0.05, 0) is 48.5 Å². The molecule has 4 aromatic rings. The number of pyridine rings is 1. The van der Waals surface area contributed by atoms with Gasteiger partial charge in [-0.2, -0.15) is 0 Å². The standard InChI is InChI=1S/C19H13BrN2O2/c20-15-5-3-13(4-6-15)19-22-16(12-24-19)11-23-17-7-8-18-14(10-17)2-1-9-21-18/h1-10,12H,11H2. The molecule has 0 aliphatic carbocycles. The Kier molecular flexibility index (Phi) is 4.01. The van der Waals surface area contributed by atoms with Crippen molar-refractivity contribution in [1.29, 1.82) is 0 Å². The molecule has 0 N–H and O–H groups in total. The van der Waals surface area contributed by atoms with Gasteiger partial charge in [-0.25, -0.2) is 4.98 Å². The van der Waals surface area contributed by atoms with Crippen molar-refractivity contribution in [2.75, 3.05) is 0 Å². The van der Waals surface area contributed by atoms with E-state index in [1.54, 1.807) is 12.5 Å². The van der Waals surface area contributed by atoms with Gasteiger partial charge >= 0.3 is 0 Å². The molecule has 118 valence electrons. The summed E-state index contributed by atoms with van der Waals surface area (Å²) in [5.41, 5.74) is 2.63. The Morgan fingerprint density at radius 3 is 2.79 bits per heavy atom. The third kappa shape index (κ3) is 3.16. The molecule has 0 atom stereocenters. The summed E-state index contributed by atoms with van der Waals surface area (Å²) in [5.74, 6) is 1.37. The molecule has 2 heterocycles. The molecule has 4 rings (SSSR count). The largest absolute Gasteiger partial charge is 0.487 e. The second-order valence-corrected chi connectivity index (χ2v) is 6.21. The fourth-order valence-electron chi connectivity index (χ4n) is 2.40. The predicted octanol–water partition coefficient (Wildman–Crippen LogP) is 5.23. The summed E-state index contributed by atoms with van der Waals surface area (Å²) >= 11 is 3.42. The van der Waals surface area contributed by atoms with Gasteiger partial charge in [-0.15, -0.1) is 0 Å². The van der Waals surface area contributed by atoms with E-state index < -0.39 is 0 Å². The molecule has 0 saturated carbocycles. The summed E-state index contributed by atoms with van der Waals surface area (Å²) in [6, 6.07) is 17.6. The third-order valence-corrected chi connectivity index (χ3v) is 4.13. The van der Waals surface area contributed by atoms with Crippen LogP contribution in [0.15, 0.2) is 75.9 Å². The second-order valence-electron chi connectivity index (χ2n) is 5.30. The monoisotopic (exact) mass is 380 g/mol. The molecule has 2 aromatic heterocycles. The van der Waals surface area contributed by atoms with Gasteiger partial charge in [0.1, 0.15) is 24.3 Å². The minimum atomic E-state index is 0.353. The van der Waals surface area contributed by atoms with Crippen molar-refractivity contribution in [3.05, 3.63) is 77.2 Å². The highest BCUT2D eigenvalue weighted by molar-refractivity contribution is 9.10. The van der Waals surface area contributed by atoms with Crippen LogP contribution in [-0.4, -0.2) is 9.97 Å². The molecule has 0 unspecified atom stereocenters. The number of aromatic nitrogens is 2. The lowest BCUT2D eigenvalue weighted by molar-refractivity contribution is 0.301. The topological polar surface area (TPSA) is 48.2 Å². The molecule has 2 aromatic carbocycles. The highest BCUT2D eigenvalue weighted by Gasteiger charge is 2.07. The fraction of sp³-hybridized carbons (Fsp3) is 0.0526. The molecule has 24 heavy (non-hydrogen) atoms. The van der Waals surface area contributed by atoms with E-state index in [4.69, 9.17) is 9.15 Å². The minimum Gasteiger partial charge on any atom is -0.487 e. The van der Waals surface area contributed by atoms with Crippen LogP contribution < -0.4 is 4.74 Å². The molecule has 0 bridgehead atoms. The average molecular weight is 381 g/mol. The van der Waals surface area contributed by atoms with E-state index in [0.717, 1.165) is 32.4 Å². The molecule has 0 saturated heterocycles. The van der Waals surface area contributed by atoms with E-state index in [0.29, 0.717) is 12.5 Å². The normalized spacial score (nSPS) is 10.9. The Morgan fingerprint density at radius 1 is 1.04 bits per heavy atom. The first-order valence-electron chi connectivity index (χ1n) is 7.46. The van der Waals surface area contributed by atoms with Crippen molar-refractivity contribution in [2.24, 2.45) is 0 Å². The zero-order valence-corrected chi connectivity index (χ0v) is 14.2. The van der Waals surface area contributed by atoms with Crippen LogP contribution in [0.5, 0.6) is 5.75 Å². The number of halogens is 1. The Hall–Kier alpha value is -2.66. The Balaban J connectivity index is 1.48. The smallest absolute Gasteiger partial charge is 0.226 e. The summed E-state index contributed by atoms with van der Waals surface area (Å²) in [6.45, 7) is 0.353. The summed E-state index contributed by atoms with van der Waals surface area (Å²) in [5, 5.41) is 1.05. The highest BCUT2D eigenvalue weighted by atomic mass is 79.9. The van der Waals surface area contributed by atoms with Crippen molar-refractivity contribution in [1.82, 2.24) is 9.97 Å². The van der Waals surface area contributed by atoms with E-state index >= 15 is 0 Å². The number of ether oxygens (including phenoxy) is 1. The van der Waals surface area contributed by atoms with Gasteiger partial charge in [0.25, 0.3) is 0 Å². The average Bonchev–Trinajstić information content (AvgIpc) is 3.09. The number of rotatable bonds is 4. The summed E-state index contributed by atoms with van der Waals surface area (Å²) in [6.07, 6.45) is 3.40. The molecule has 0 fully saturated rings. The highest BCUT2D eigenvalue weighted by Crippen LogP contribution is 2.23. The number of oxazole rings is 1. The van der Waals surface area contributed by atoms with E-state index in [2.05, 4.69) is 25.9 Å². The van der Waals surface area contributed by atoms with Crippen LogP contribution in [0.3, 0.4) is 0 Å². The van der Waals surface area contributed by atoms with Crippen LogP contribution >= 0.6 is 15.9 Å². The molecule has 0 spiro atoms. The molecular weight excluding hydrogens is 368 g/mol. The summed E-state index contributed by atoms with van der Waals surface area (Å²) < 4.78 is 12.4. The van der Waals surface area contributed by atoms with Gasteiger partial charge in [-0.3, -0.25) is 4.98 Å². The summed E-state index contributed by atoms with van der Waals surface area (Å²) in [4.78, 5) is 8.77. The predicted molar refractivity (Wildman–Crippen MR) is 95.7 cm³/mol. The maximum atomic E-state index is 5.81. The third-order valence-electron chi connectivity index (χ3n) is 3.60. The molecule has 5 heteroatoms. The lowest BCUT2D eigenvalue weighted by Crippen LogP contribution is -1.95. The van der Waals surface area contributed by atoms with Crippen molar-refractivity contribution in [3.63, 3.8) is 0 Å². The lowest BCUT2D eigenvalue weighted by atomic mass is 10.2. The Bertz CT molecular complexity index is 980. The number of fused-ring (bicyclic) bond motifs is 1. The SMILES string of the molecule is Brc1ccc(-c2nc(COc3ccc4ncccc4c3)co2)cc1. The molecular formula is C19H13BrN2O2. The van der Waals surface area contributed by atoms with Crippen LogP contribution in [0, 0.1) is 0 Å². The first-order chi connectivity index (χ1) is 11.8. The number of hydrogen-bond acceptors (Lipinski definition) is 4. The number of benzene rings is 2. The number of nitrogens with zero attached hydrogens (tertiary/aromatic N) is 2. The maximum absolute atomic E-state index is 5.81. The molecule has 4 nitrogen and oxygen atoms in total. The quantitative estimate of drug-likeness (QED) is 0.486. The van der Waals surface area contributed by atoms with Crippen molar-refractivity contribution < 1.29 is 9.15 Å². The van der Waals surface area contributed by atoms with Gasteiger partial charge in [-0.1, -0.05) is 22.0 Å². The van der Waals surface area contributed by atoms with Gasteiger partial charge < -0.3 is 9.15 Å². The first-order valence-corrected chi connectivity index (χ1v) is 8.25. The lowest BCUT2D eigenvalue weighted by Gasteiger charge is -2.05. The number of hydrogen-bond donors (Lipinski definition) is 0. The maximum Gasteiger partial charge on any atom is 0.226 e. The summed E-state index contributed by atoms with van der Waals surface area (Å²) in [7, 11) is 0. The van der Waals surface area contributed by atoms with Gasteiger partial charge in [0, 0.05) is 21.6 Å². The first kappa shape index (κ1) is 14.9. The van der Waals surface area contributed by atoms with Crippen LogP contribution in [0.1, 0.15) is 5.69 Å². The van der Waals surface area contributed by atoms with Crippen LogP contribution in [0.2, 0.25) is 0 Å². The van der Waals surface area contributed by atoms with E-state index in [-0.39, 0.29) is 0 Å². The van der Waals surface area contributed by atoms with Crippen molar-refractivity contribution in [3.8, 4) is 17.2 Å². The van der Waals surface area contributed by atoms with Crippen LogP contribution in [0.4, 0.5) is 0 Å². The minimum absolute atomic E-state index is 0.353. The molecule has 0 amide bonds. The van der Waals surface area contributed by atoms with Gasteiger partial charge in [0.15, 0.2) is 0 Å². The Morgan fingerprint density at radius 2 is 1.92 bits per heavy atom. The molecule has 0 radical (unpaired) electrons. The Labute approximate surface area is 147 Å². The molecule has 0 aliphatic heterocycles. The second kappa shape index (κ2) is 6.45. The van der Waals surface area contributed by atoms with Gasteiger partial charge in [0.2, 0.25) is 5.89 Å². The van der Waals surface area contributed by atoms with Gasteiger partial charge in [0.05, 0.1) is 5.52 Å². The molecule has 0 aliphatic rings.